The molecule has 2 rings (SSSR count). The van der Waals surface area contributed by atoms with E-state index >= 15 is 0 Å². The van der Waals surface area contributed by atoms with E-state index in [9.17, 15) is 9.59 Å². The zero-order chi connectivity index (χ0) is 13.3. The van der Waals surface area contributed by atoms with Gasteiger partial charge >= 0.3 is 5.97 Å². The number of carboxylic acid groups (broad SMARTS) is 1. The van der Waals surface area contributed by atoms with Crippen LogP contribution in [0, 0.1) is 5.92 Å². The maximum absolute atomic E-state index is 12.0. The van der Waals surface area contributed by atoms with E-state index in [1.165, 1.54) is 11.9 Å². The molecule has 0 bridgehead atoms. The van der Waals surface area contributed by atoms with E-state index in [-0.39, 0.29) is 24.3 Å². The lowest BCUT2D eigenvalue weighted by molar-refractivity contribution is -0.144. The average molecular weight is 268 g/mol. The summed E-state index contributed by atoms with van der Waals surface area (Å²) in [5.41, 5.74) is 0.973. The van der Waals surface area contributed by atoms with E-state index in [1.54, 1.807) is 6.07 Å². The largest absolute Gasteiger partial charge is 0.480 e. The van der Waals surface area contributed by atoms with Crippen LogP contribution >= 0.6 is 11.6 Å². The number of hydrogen-bond acceptors (Lipinski definition) is 2. The van der Waals surface area contributed by atoms with Crippen molar-refractivity contribution >= 4 is 23.5 Å². The molecule has 1 fully saturated rings. The topological polar surface area (TPSA) is 57.6 Å². The van der Waals surface area contributed by atoms with Crippen molar-refractivity contribution in [3.63, 3.8) is 0 Å². The number of carboxylic acids is 1. The van der Waals surface area contributed by atoms with Crippen LogP contribution < -0.4 is 0 Å². The average Bonchev–Trinajstić information content (AvgIpc) is 3.07. The fourth-order valence-electron chi connectivity index (χ4n) is 2.15. The molecule has 1 N–H and O–H groups in total. The Morgan fingerprint density at radius 1 is 1.44 bits per heavy atom. The summed E-state index contributed by atoms with van der Waals surface area (Å²) in [6.45, 7) is -0.259. The Kier molecular flexibility index (Phi) is 3.57. The summed E-state index contributed by atoms with van der Waals surface area (Å²) < 4.78 is 0. The molecule has 18 heavy (non-hydrogen) atoms. The second-order valence-corrected chi connectivity index (χ2v) is 4.97. The van der Waals surface area contributed by atoms with Crippen LogP contribution in [0.25, 0.3) is 0 Å². The van der Waals surface area contributed by atoms with Gasteiger partial charge in [0, 0.05) is 18.0 Å². The number of likely N-dealkylation sites (N-methyl/N-ethyl adjacent to an activating group) is 1. The third-order valence-electron chi connectivity index (χ3n) is 3.16. The van der Waals surface area contributed by atoms with Crippen molar-refractivity contribution in [1.29, 1.82) is 0 Å². The SMILES string of the molecule is CN(CC(=O)O)C(=O)C1CC1c1ccccc1Cl. The summed E-state index contributed by atoms with van der Waals surface area (Å²) in [4.78, 5) is 23.8. The highest BCUT2D eigenvalue weighted by Gasteiger charge is 2.46. The minimum Gasteiger partial charge on any atom is -0.480 e. The Morgan fingerprint density at radius 2 is 2.11 bits per heavy atom. The van der Waals surface area contributed by atoms with Crippen molar-refractivity contribution < 1.29 is 14.7 Å². The molecule has 0 saturated heterocycles. The second kappa shape index (κ2) is 4.98. The van der Waals surface area contributed by atoms with Crippen LogP contribution in [0.1, 0.15) is 17.9 Å². The fraction of sp³-hybridized carbons (Fsp3) is 0.385. The van der Waals surface area contributed by atoms with Crippen LogP contribution in [-0.2, 0) is 9.59 Å². The maximum Gasteiger partial charge on any atom is 0.323 e. The molecule has 0 aromatic heterocycles. The summed E-state index contributed by atoms with van der Waals surface area (Å²) >= 11 is 6.07. The van der Waals surface area contributed by atoms with E-state index in [0.717, 1.165) is 12.0 Å². The lowest BCUT2D eigenvalue weighted by atomic mass is 10.1. The first-order valence-corrected chi connectivity index (χ1v) is 6.09. The van der Waals surface area contributed by atoms with Crippen LogP contribution in [0.3, 0.4) is 0 Å². The van der Waals surface area contributed by atoms with Gasteiger partial charge in [0.2, 0.25) is 5.91 Å². The van der Waals surface area contributed by atoms with Gasteiger partial charge in [-0.05, 0) is 24.0 Å². The number of rotatable bonds is 4. The maximum atomic E-state index is 12.0. The molecule has 96 valence electrons. The van der Waals surface area contributed by atoms with Gasteiger partial charge in [-0.15, -0.1) is 0 Å². The number of aliphatic carboxylic acids is 1. The number of amides is 1. The normalized spacial score (nSPS) is 21.4. The molecule has 1 aliphatic rings. The zero-order valence-electron chi connectivity index (χ0n) is 9.97. The lowest BCUT2D eigenvalue weighted by Crippen LogP contribution is -2.33. The molecule has 1 aromatic carbocycles. The molecule has 5 heteroatoms. The van der Waals surface area contributed by atoms with E-state index < -0.39 is 5.97 Å². The number of carbonyl (C=O) groups excluding carboxylic acids is 1. The van der Waals surface area contributed by atoms with Crippen molar-refractivity contribution in [1.82, 2.24) is 4.90 Å². The summed E-state index contributed by atoms with van der Waals surface area (Å²) in [6.07, 6.45) is 0.743. The van der Waals surface area contributed by atoms with Gasteiger partial charge in [0.15, 0.2) is 0 Å². The van der Waals surface area contributed by atoms with Gasteiger partial charge < -0.3 is 10.0 Å². The number of hydrogen-bond donors (Lipinski definition) is 1. The Morgan fingerprint density at radius 3 is 2.72 bits per heavy atom. The highest BCUT2D eigenvalue weighted by Crippen LogP contribution is 2.50. The molecule has 2 atom stereocenters. The summed E-state index contributed by atoms with van der Waals surface area (Å²) in [7, 11) is 1.51. The van der Waals surface area contributed by atoms with Crippen LogP contribution in [-0.4, -0.2) is 35.5 Å². The smallest absolute Gasteiger partial charge is 0.323 e. The first kappa shape index (κ1) is 12.9. The van der Waals surface area contributed by atoms with Crippen LogP contribution in [0.4, 0.5) is 0 Å². The predicted octanol–water partition coefficient (Wildman–Crippen LogP) is 1.99. The van der Waals surface area contributed by atoms with Crippen molar-refractivity contribution in [2.24, 2.45) is 5.92 Å². The van der Waals surface area contributed by atoms with Crippen molar-refractivity contribution in [2.75, 3.05) is 13.6 Å². The number of carbonyl (C=O) groups is 2. The van der Waals surface area contributed by atoms with Gasteiger partial charge in [0.1, 0.15) is 6.54 Å². The molecular formula is C13H14ClNO3. The molecule has 1 amide bonds. The zero-order valence-corrected chi connectivity index (χ0v) is 10.7. The molecule has 0 heterocycles. The molecule has 4 nitrogen and oxygen atoms in total. The molecule has 0 spiro atoms. The number of nitrogens with zero attached hydrogens (tertiary/aromatic N) is 1. The van der Waals surface area contributed by atoms with Gasteiger partial charge in [0.05, 0.1) is 0 Å². The van der Waals surface area contributed by atoms with E-state index in [1.807, 2.05) is 18.2 Å². The quantitative estimate of drug-likeness (QED) is 0.908. The molecule has 1 saturated carbocycles. The number of benzene rings is 1. The second-order valence-electron chi connectivity index (χ2n) is 4.56. The minimum absolute atomic E-state index is 0.123. The van der Waals surface area contributed by atoms with E-state index in [2.05, 4.69) is 0 Å². The predicted molar refractivity (Wildman–Crippen MR) is 67.6 cm³/mol. The summed E-state index contributed by atoms with van der Waals surface area (Å²) in [6, 6.07) is 7.46. The van der Waals surface area contributed by atoms with Gasteiger partial charge in [-0.25, -0.2) is 0 Å². The molecular weight excluding hydrogens is 254 g/mol. The molecule has 0 aliphatic heterocycles. The van der Waals surface area contributed by atoms with Gasteiger partial charge in [-0.2, -0.15) is 0 Å². The van der Waals surface area contributed by atoms with Gasteiger partial charge in [0.25, 0.3) is 0 Å². The third kappa shape index (κ3) is 2.64. The van der Waals surface area contributed by atoms with Crippen LogP contribution in [0.15, 0.2) is 24.3 Å². The monoisotopic (exact) mass is 267 g/mol. The van der Waals surface area contributed by atoms with Crippen LogP contribution in [0.5, 0.6) is 0 Å². The van der Waals surface area contributed by atoms with Crippen molar-refractivity contribution in [3.8, 4) is 0 Å². The standard InChI is InChI=1S/C13H14ClNO3/c1-15(7-12(16)17)13(18)10-6-9(10)8-4-2-3-5-11(8)14/h2-5,9-10H,6-7H2,1H3,(H,16,17). The number of halogens is 1. The highest BCUT2D eigenvalue weighted by atomic mass is 35.5. The summed E-state index contributed by atoms with van der Waals surface area (Å²) in [5, 5.41) is 9.31. The molecule has 1 aromatic rings. The van der Waals surface area contributed by atoms with Crippen molar-refractivity contribution in [3.05, 3.63) is 34.9 Å². The van der Waals surface area contributed by atoms with Crippen molar-refractivity contribution in [2.45, 2.75) is 12.3 Å². The van der Waals surface area contributed by atoms with E-state index in [0.29, 0.717) is 5.02 Å². The summed E-state index contributed by atoms with van der Waals surface area (Å²) in [5.74, 6) is -1.13. The van der Waals surface area contributed by atoms with Gasteiger partial charge in [-0.1, -0.05) is 29.8 Å². The minimum atomic E-state index is -0.999. The first-order valence-electron chi connectivity index (χ1n) is 5.72. The Balaban J connectivity index is 2.01. The first-order chi connectivity index (χ1) is 8.50. The Bertz CT molecular complexity index is 489. The Hall–Kier alpha value is -1.55. The molecule has 1 aliphatic carbocycles. The van der Waals surface area contributed by atoms with E-state index in [4.69, 9.17) is 16.7 Å². The molecule has 0 radical (unpaired) electrons. The Labute approximate surface area is 110 Å². The highest BCUT2D eigenvalue weighted by molar-refractivity contribution is 6.31. The van der Waals surface area contributed by atoms with Gasteiger partial charge in [-0.3, -0.25) is 9.59 Å². The lowest BCUT2D eigenvalue weighted by Gasteiger charge is -2.14. The van der Waals surface area contributed by atoms with Crippen LogP contribution in [0.2, 0.25) is 5.02 Å². The fourth-order valence-corrected chi connectivity index (χ4v) is 2.43. The molecule has 2 unspecified atom stereocenters. The third-order valence-corrected chi connectivity index (χ3v) is 3.51.